The van der Waals surface area contributed by atoms with Gasteiger partial charge in [-0.05, 0) is 30.2 Å². The third-order valence-electron chi connectivity index (χ3n) is 4.40. The third kappa shape index (κ3) is 4.13. The standard InChI is InChI=1S/C20H19N3O3S2/c1-13-7-8-15-17(9-13)28-19(21-15)22-18(24)16-11-27-12-23(16)20(25)26-10-14-5-3-2-4-6-14/h2-9,16H,10-12H2,1H3,(H,21,22,24)/t16-/m0/s1. The number of carbonyl (C=O) groups excluding carboxylic acids is 2. The molecule has 1 aliphatic rings. The molecular formula is C20H19N3O3S2. The van der Waals surface area contributed by atoms with Crippen molar-refractivity contribution in [2.45, 2.75) is 19.6 Å². The van der Waals surface area contributed by atoms with Gasteiger partial charge in [-0.2, -0.15) is 0 Å². The molecule has 3 aromatic rings. The summed E-state index contributed by atoms with van der Waals surface area (Å²) in [4.78, 5) is 31.1. The minimum Gasteiger partial charge on any atom is -0.445 e. The highest BCUT2D eigenvalue weighted by Crippen LogP contribution is 2.28. The smallest absolute Gasteiger partial charge is 0.411 e. The van der Waals surface area contributed by atoms with Crippen molar-refractivity contribution < 1.29 is 14.3 Å². The first-order valence-electron chi connectivity index (χ1n) is 8.83. The molecule has 1 fully saturated rings. The van der Waals surface area contributed by atoms with Gasteiger partial charge in [-0.25, -0.2) is 9.78 Å². The number of fused-ring (bicyclic) bond motifs is 1. The Morgan fingerprint density at radius 1 is 1.25 bits per heavy atom. The quantitative estimate of drug-likeness (QED) is 0.692. The van der Waals surface area contributed by atoms with Crippen molar-refractivity contribution in [2.24, 2.45) is 0 Å². The monoisotopic (exact) mass is 413 g/mol. The Morgan fingerprint density at radius 3 is 2.89 bits per heavy atom. The van der Waals surface area contributed by atoms with Crippen LogP contribution in [0.2, 0.25) is 0 Å². The molecule has 2 amide bonds. The summed E-state index contributed by atoms with van der Waals surface area (Å²) in [5.41, 5.74) is 2.91. The lowest BCUT2D eigenvalue weighted by Crippen LogP contribution is -2.44. The summed E-state index contributed by atoms with van der Waals surface area (Å²) in [5.74, 6) is 0.735. The zero-order valence-corrected chi connectivity index (χ0v) is 16.9. The number of aromatic nitrogens is 1. The van der Waals surface area contributed by atoms with Crippen LogP contribution in [0.15, 0.2) is 48.5 Å². The molecule has 0 spiro atoms. The van der Waals surface area contributed by atoms with Crippen LogP contribution in [0.25, 0.3) is 10.2 Å². The summed E-state index contributed by atoms with van der Waals surface area (Å²) < 4.78 is 6.41. The minimum atomic E-state index is -0.568. The van der Waals surface area contributed by atoms with E-state index in [1.54, 1.807) is 0 Å². The van der Waals surface area contributed by atoms with Crippen LogP contribution < -0.4 is 5.32 Å². The molecule has 1 aliphatic heterocycles. The number of ether oxygens (including phenoxy) is 1. The van der Waals surface area contributed by atoms with Gasteiger partial charge in [0.15, 0.2) is 5.13 Å². The maximum Gasteiger partial charge on any atom is 0.411 e. The number of rotatable bonds is 4. The molecular weight excluding hydrogens is 394 g/mol. The van der Waals surface area contributed by atoms with Gasteiger partial charge in [0, 0.05) is 5.75 Å². The summed E-state index contributed by atoms with van der Waals surface area (Å²) in [7, 11) is 0. The number of aryl methyl sites for hydroxylation is 1. The zero-order chi connectivity index (χ0) is 19.5. The molecule has 0 aliphatic carbocycles. The van der Waals surface area contributed by atoms with Crippen molar-refractivity contribution in [3.05, 3.63) is 59.7 Å². The Hall–Kier alpha value is -2.58. The summed E-state index contributed by atoms with van der Waals surface area (Å²) >= 11 is 2.96. The van der Waals surface area contributed by atoms with Crippen LogP contribution in [-0.2, 0) is 16.1 Å². The van der Waals surface area contributed by atoms with E-state index in [4.69, 9.17) is 4.74 Å². The van der Waals surface area contributed by atoms with Gasteiger partial charge >= 0.3 is 6.09 Å². The highest BCUT2D eigenvalue weighted by molar-refractivity contribution is 7.99. The summed E-state index contributed by atoms with van der Waals surface area (Å²) in [6.45, 7) is 2.21. The van der Waals surface area contributed by atoms with Crippen LogP contribution in [0.5, 0.6) is 0 Å². The number of hydrogen-bond donors (Lipinski definition) is 1. The first kappa shape index (κ1) is 18.8. The van der Waals surface area contributed by atoms with Gasteiger partial charge in [0.2, 0.25) is 5.91 Å². The van der Waals surface area contributed by atoms with Crippen molar-refractivity contribution >= 4 is 50.4 Å². The molecule has 1 aromatic heterocycles. The number of amides is 2. The summed E-state index contributed by atoms with van der Waals surface area (Å²) in [5, 5.41) is 3.40. The lowest BCUT2D eigenvalue weighted by Gasteiger charge is -2.22. The Balaban J connectivity index is 1.40. The zero-order valence-electron chi connectivity index (χ0n) is 15.3. The average molecular weight is 414 g/mol. The first-order valence-corrected chi connectivity index (χ1v) is 10.8. The van der Waals surface area contributed by atoms with Crippen LogP contribution in [0.1, 0.15) is 11.1 Å². The first-order chi connectivity index (χ1) is 13.6. The second kappa shape index (κ2) is 8.20. The van der Waals surface area contributed by atoms with Gasteiger partial charge in [-0.15, -0.1) is 11.8 Å². The number of anilines is 1. The molecule has 6 nitrogen and oxygen atoms in total. The van der Waals surface area contributed by atoms with Crippen molar-refractivity contribution in [1.82, 2.24) is 9.88 Å². The molecule has 0 unspecified atom stereocenters. The van der Waals surface area contributed by atoms with Crippen molar-refractivity contribution in [2.75, 3.05) is 16.9 Å². The van der Waals surface area contributed by atoms with Gasteiger partial charge < -0.3 is 10.1 Å². The van der Waals surface area contributed by atoms with Crippen LogP contribution in [0.3, 0.4) is 0 Å². The maximum atomic E-state index is 12.7. The van der Waals surface area contributed by atoms with E-state index in [0.717, 1.165) is 21.3 Å². The van der Waals surface area contributed by atoms with E-state index in [1.807, 2.05) is 55.5 Å². The molecule has 1 saturated heterocycles. The predicted octanol–water partition coefficient (Wildman–Crippen LogP) is 4.25. The second-order valence-electron chi connectivity index (χ2n) is 6.51. The van der Waals surface area contributed by atoms with E-state index in [9.17, 15) is 9.59 Å². The molecule has 1 atom stereocenters. The Bertz CT molecular complexity index is 1010. The summed E-state index contributed by atoms with van der Waals surface area (Å²) in [6, 6.07) is 14.9. The van der Waals surface area contributed by atoms with Crippen molar-refractivity contribution in [3.8, 4) is 0 Å². The number of nitrogens with one attached hydrogen (secondary N) is 1. The molecule has 2 aromatic carbocycles. The summed E-state index contributed by atoms with van der Waals surface area (Å²) in [6.07, 6.45) is -0.478. The fourth-order valence-electron chi connectivity index (χ4n) is 2.92. The van der Waals surface area contributed by atoms with E-state index >= 15 is 0 Å². The molecule has 0 saturated carbocycles. The minimum absolute atomic E-state index is 0.187. The van der Waals surface area contributed by atoms with Crippen LogP contribution in [0.4, 0.5) is 9.93 Å². The van der Waals surface area contributed by atoms with Crippen molar-refractivity contribution in [1.29, 1.82) is 0 Å². The van der Waals surface area contributed by atoms with E-state index in [-0.39, 0.29) is 12.5 Å². The largest absolute Gasteiger partial charge is 0.445 e. The molecule has 144 valence electrons. The van der Waals surface area contributed by atoms with E-state index < -0.39 is 12.1 Å². The highest BCUT2D eigenvalue weighted by atomic mass is 32.2. The molecule has 2 heterocycles. The Morgan fingerprint density at radius 2 is 2.07 bits per heavy atom. The second-order valence-corrected chi connectivity index (χ2v) is 8.54. The molecule has 4 rings (SSSR count). The van der Waals surface area contributed by atoms with Crippen molar-refractivity contribution in [3.63, 3.8) is 0 Å². The Kier molecular flexibility index (Phi) is 5.50. The van der Waals surface area contributed by atoms with Gasteiger partial charge in [0.05, 0.1) is 16.1 Å². The maximum absolute atomic E-state index is 12.7. The number of thioether (sulfide) groups is 1. The molecule has 0 radical (unpaired) electrons. The lowest BCUT2D eigenvalue weighted by molar-refractivity contribution is -0.119. The van der Waals surface area contributed by atoms with Gasteiger partial charge in [0.1, 0.15) is 12.6 Å². The number of benzene rings is 2. The van der Waals surface area contributed by atoms with Gasteiger partial charge in [0.25, 0.3) is 0 Å². The van der Waals surface area contributed by atoms with E-state index in [1.165, 1.54) is 28.0 Å². The third-order valence-corrected chi connectivity index (χ3v) is 6.34. The Labute approximate surface area is 170 Å². The van der Waals surface area contributed by atoms with E-state index in [2.05, 4.69) is 10.3 Å². The topological polar surface area (TPSA) is 71.5 Å². The van der Waals surface area contributed by atoms with Crippen LogP contribution >= 0.6 is 23.1 Å². The number of nitrogens with zero attached hydrogens (tertiary/aromatic N) is 2. The molecule has 8 heteroatoms. The molecule has 1 N–H and O–H groups in total. The van der Waals surface area contributed by atoms with E-state index in [0.29, 0.717) is 16.8 Å². The number of carbonyl (C=O) groups is 2. The number of thiazole rings is 1. The highest BCUT2D eigenvalue weighted by Gasteiger charge is 2.36. The fraction of sp³-hybridized carbons (Fsp3) is 0.250. The molecule has 28 heavy (non-hydrogen) atoms. The average Bonchev–Trinajstić information content (AvgIpc) is 3.33. The lowest BCUT2D eigenvalue weighted by atomic mass is 10.2. The number of hydrogen-bond acceptors (Lipinski definition) is 6. The SMILES string of the molecule is Cc1ccc2nc(NC(=O)[C@@H]3CSCN3C(=O)OCc3ccccc3)sc2c1. The van der Waals surface area contributed by atoms with Crippen LogP contribution in [-0.4, -0.2) is 39.6 Å². The normalized spacial score (nSPS) is 16.3. The van der Waals surface area contributed by atoms with Crippen LogP contribution in [0, 0.1) is 6.92 Å². The van der Waals surface area contributed by atoms with Gasteiger partial charge in [-0.3, -0.25) is 9.69 Å². The predicted molar refractivity (Wildman–Crippen MR) is 113 cm³/mol. The van der Waals surface area contributed by atoms with Gasteiger partial charge in [-0.1, -0.05) is 47.7 Å². The fourth-order valence-corrected chi connectivity index (χ4v) is 5.03. The molecule has 0 bridgehead atoms.